The topological polar surface area (TPSA) is 58.1 Å². The van der Waals surface area contributed by atoms with Crippen molar-refractivity contribution in [2.45, 2.75) is 32.7 Å². The number of amides is 1. The van der Waals surface area contributed by atoms with Crippen molar-refractivity contribution in [2.24, 2.45) is 0 Å². The van der Waals surface area contributed by atoms with Gasteiger partial charge in [-0.05, 0) is 44.0 Å². The quantitative estimate of drug-likeness (QED) is 0.935. The molecule has 1 saturated heterocycles. The summed E-state index contributed by atoms with van der Waals surface area (Å²) in [5.74, 6) is 1.49. The summed E-state index contributed by atoms with van der Waals surface area (Å²) in [7, 11) is 0. The molecule has 6 heteroatoms. The molecular weight excluding hydrogens is 312 g/mol. The highest BCUT2D eigenvalue weighted by atomic mass is 35.5. The summed E-state index contributed by atoms with van der Waals surface area (Å²) in [4.78, 5) is 23.1. The molecule has 2 aromatic rings. The van der Waals surface area contributed by atoms with E-state index in [0.29, 0.717) is 23.2 Å². The maximum Gasteiger partial charge on any atom is 0.249 e. The summed E-state index contributed by atoms with van der Waals surface area (Å²) in [6.07, 6.45) is 1.58. The standard InChI is InChI=1S/C17H19ClN4O/c1-3-13-10-16(20-11(2)19-13)21-15-8-9-22(17(15)23)14-6-4-12(18)5-7-14/h4-7,10,15H,3,8-9H2,1-2H3,(H,19,20,21). The maximum atomic E-state index is 12.6. The van der Waals surface area contributed by atoms with E-state index in [1.807, 2.05) is 25.1 Å². The lowest BCUT2D eigenvalue weighted by Crippen LogP contribution is -2.33. The normalized spacial score (nSPS) is 17.6. The first-order chi connectivity index (χ1) is 11.1. The van der Waals surface area contributed by atoms with E-state index in [-0.39, 0.29) is 11.9 Å². The fourth-order valence-electron chi connectivity index (χ4n) is 2.75. The van der Waals surface area contributed by atoms with Gasteiger partial charge in [0.1, 0.15) is 17.7 Å². The third kappa shape index (κ3) is 3.45. The van der Waals surface area contributed by atoms with Crippen LogP contribution in [-0.4, -0.2) is 28.5 Å². The Morgan fingerprint density at radius 3 is 2.74 bits per heavy atom. The number of nitrogens with zero attached hydrogens (tertiary/aromatic N) is 3. The zero-order valence-electron chi connectivity index (χ0n) is 13.2. The van der Waals surface area contributed by atoms with Crippen molar-refractivity contribution in [1.82, 2.24) is 9.97 Å². The molecule has 0 saturated carbocycles. The molecule has 120 valence electrons. The van der Waals surface area contributed by atoms with Crippen molar-refractivity contribution in [2.75, 3.05) is 16.8 Å². The third-order valence-corrected chi connectivity index (χ3v) is 4.17. The van der Waals surface area contributed by atoms with Gasteiger partial charge in [0.05, 0.1) is 0 Å². The van der Waals surface area contributed by atoms with Crippen molar-refractivity contribution in [3.63, 3.8) is 0 Å². The number of carbonyl (C=O) groups is 1. The Morgan fingerprint density at radius 2 is 2.04 bits per heavy atom. The molecule has 1 fully saturated rings. The van der Waals surface area contributed by atoms with Gasteiger partial charge in [-0.3, -0.25) is 4.79 Å². The number of aryl methyl sites for hydroxylation is 2. The highest BCUT2D eigenvalue weighted by Gasteiger charge is 2.32. The van der Waals surface area contributed by atoms with E-state index in [9.17, 15) is 4.79 Å². The Kier molecular flexibility index (Phi) is 4.48. The summed E-state index contributed by atoms with van der Waals surface area (Å²) in [5.41, 5.74) is 1.84. The maximum absolute atomic E-state index is 12.6. The molecule has 1 aliphatic heterocycles. The molecule has 0 radical (unpaired) electrons. The second-order valence-corrected chi connectivity index (χ2v) is 6.03. The average molecular weight is 331 g/mol. The van der Waals surface area contributed by atoms with Crippen LogP contribution in [0.25, 0.3) is 0 Å². The van der Waals surface area contributed by atoms with Gasteiger partial charge in [-0.2, -0.15) is 0 Å². The molecule has 5 nitrogen and oxygen atoms in total. The van der Waals surface area contributed by atoms with Crippen LogP contribution in [0.3, 0.4) is 0 Å². The lowest BCUT2D eigenvalue weighted by molar-refractivity contribution is -0.117. The molecule has 1 amide bonds. The first kappa shape index (κ1) is 15.7. The van der Waals surface area contributed by atoms with Gasteiger partial charge in [0.15, 0.2) is 0 Å². The Morgan fingerprint density at radius 1 is 1.30 bits per heavy atom. The largest absolute Gasteiger partial charge is 0.358 e. The highest BCUT2D eigenvalue weighted by Crippen LogP contribution is 2.25. The van der Waals surface area contributed by atoms with Crippen LogP contribution in [0.5, 0.6) is 0 Å². The van der Waals surface area contributed by atoms with E-state index < -0.39 is 0 Å². The number of anilines is 2. The van der Waals surface area contributed by atoms with Crippen LogP contribution < -0.4 is 10.2 Å². The monoisotopic (exact) mass is 330 g/mol. The van der Waals surface area contributed by atoms with Crippen LogP contribution in [0.2, 0.25) is 5.02 Å². The molecule has 0 spiro atoms. The minimum atomic E-state index is -0.260. The number of benzene rings is 1. The molecule has 0 aliphatic carbocycles. The number of halogens is 1. The van der Waals surface area contributed by atoms with E-state index in [2.05, 4.69) is 22.2 Å². The Hall–Kier alpha value is -2.14. The number of hydrogen-bond acceptors (Lipinski definition) is 4. The van der Waals surface area contributed by atoms with E-state index in [1.54, 1.807) is 17.0 Å². The molecule has 1 unspecified atom stereocenters. The first-order valence-corrected chi connectivity index (χ1v) is 8.12. The van der Waals surface area contributed by atoms with E-state index in [1.165, 1.54) is 0 Å². The fourth-order valence-corrected chi connectivity index (χ4v) is 2.88. The van der Waals surface area contributed by atoms with Crippen molar-refractivity contribution in [3.8, 4) is 0 Å². The van der Waals surface area contributed by atoms with Gasteiger partial charge in [0.2, 0.25) is 5.91 Å². The number of carbonyl (C=O) groups excluding carboxylic acids is 1. The molecule has 1 N–H and O–H groups in total. The number of rotatable bonds is 4. The van der Waals surface area contributed by atoms with Crippen LogP contribution in [-0.2, 0) is 11.2 Å². The van der Waals surface area contributed by atoms with Crippen molar-refractivity contribution in [3.05, 3.63) is 46.9 Å². The molecule has 1 aliphatic rings. The first-order valence-electron chi connectivity index (χ1n) is 7.75. The summed E-state index contributed by atoms with van der Waals surface area (Å²) in [6, 6.07) is 8.98. The fraction of sp³-hybridized carbons (Fsp3) is 0.353. The van der Waals surface area contributed by atoms with Gasteiger partial charge in [0, 0.05) is 29.0 Å². The van der Waals surface area contributed by atoms with E-state index in [0.717, 1.165) is 24.2 Å². The number of aromatic nitrogens is 2. The van der Waals surface area contributed by atoms with Gasteiger partial charge >= 0.3 is 0 Å². The van der Waals surface area contributed by atoms with Crippen LogP contribution in [0.4, 0.5) is 11.5 Å². The van der Waals surface area contributed by atoms with Gasteiger partial charge < -0.3 is 10.2 Å². The minimum Gasteiger partial charge on any atom is -0.358 e. The summed E-state index contributed by atoms with van der Waals surface area (Å²) >= 11 is 5.90. The number of nitrogens with one attached hydrogen (secondary N) is 1. The molecule has 23 heavy (non-hydrogen) atoms. The van der Waals surface area contributed by atoms with Crippen LogP contribution in [0.1, 0.15) is 24.9 Å². The molecule has 1 atom stereocenters. The smallest absolute Gasteiger partial charge is 0.249 e. The molecule has 0 bridgehead atoms. The lowest BCUT2D eigenvalue weighted by Gasteiger charge is -2.17. The number of hydrogen-bond donors (Lipinski definition) is 1. The molecule has 1 aromatic carbocycles. The SMILES string of the molecule is CCc1cc(NC2CCN(c3ccc(Cl)cc3)C2=O)nc(C)n1. The van der Waals surface area contributed by atoms with Crippen LogP contribution >= 0.6 is 11.6 Å². The minimum absolute atomic E-state index is 0.0571. The molecule has 3 rings (SSSR count). The summed E-state index contributed by atoms with van der Waals surface area (Å²) < 4.78 is 0. The Labute approximate surface area is 140 Å². The van der Waals surface area contributed by atoms with Gasteiger partial charge in [-0.25, -0.2) is 9.97 Å². The van der Waals surface area contributed by atoms with E-state index >= 15 is 0 Å². The van der Waals surface area contributed by atoms with Gasteiger partial charge in [-0.1, -0.05) is 18.5 Å². The highest BCUT2D eigenvalue weighted by molar-refractivity contribution is 6.30. The van der Waals surface area contributed by atoms with Crippen molar-refractivity contribution in [1.29, 1.82) is 0 Å². The van der Waals surface area contributed by atoms with E-state index in [4.69, 9.17) is 11.6 Å². The second-order valence-electron chi connectivity index (χ2n) is 5.60. The van der Waals surface area contributed by atoms with Crippen molar-refractivity contribution >= 4 is 29.0 Å². The molecular formula is C17H19ClN4O. The molecule has 1 aromatic heterocycles. The second kappa shape index (κ2) is 6.54. The Bertz CT molecular complexity index is 717. The summed E-state index contributed by atoms with van der Waals surface area (Å²) in [6.45, 7) is 4.60. The lowest BCUT2D eigenvalue weighted by atomic mass is 10.2. The zero-order chi connectivity index (χ0) is 16.4. The predicted octanol–water partition coefficient (Wildman–Crippen LogP) is 3.22. The van der Waals surface area contributed by atoms with Crippen LogP contribution in [0.15, 0.2) is 30.3 Å². The predicted molar refractivity (Wildman–Crippen MR) is 92.0 cm³/mol. The Balaban J connectivity index is 1.74. The average Bonchev–Trinajstić information content (AvgIpc) is 2.88. The van der Waals surface area contributed by atoms with Gasteiger partial charge in [-0.15, -0.1) is 0 Å². The summed E-state index contributed by atoms with van der Waals surface area (Å²) in [5, 5.41) is 3.91. The van der Waals surface area contributed by atoms with Gasteiger partial charge in [0.25, 0.3) is 0 Å². The van der Waals surface area contributed by atoms with Crippen LogP contribution in [0, 0.1) is 6.92 Å². The van der Waals surface area contributed by atoms with Crippen molar-refractivity contribution < 1.29 is 4.79 Å². The molecule has 2 heterocycles. The zero-order valence-corrected chi connectivity index (χ0v) is 14.0. The third-order valence-electron chi connectivity index (χ3n) is 3.92.